The van der Waals surface area contributed by atoms with Gasteiger partial charge in [-0.15, -0.1) is 0 Å². The molecule has 5 heteroatoms. The number of rotatable bonds is 2. The van der Waals surface area contributed by atoms with Gasteiger partial charge in [-0.05, 0) is 59.1 Å². The van der Waals surface area contributed by atoms with Crippen molar-refractivity contribution in [1.29, 1.82) is 0 Å². The number of nitrogens with zero attached hydrogens (tertiary/aromatic N) is 2. The zero-order chi connectivity index (χ0) is 16.4. The highest BCUT2D eigenvalue weighted by atomic mass is 79.9. The highest BCUT2D eigenvalue weighted by Gasteiger charge is 2.29. The van der Waals surface area contributed by atoms with E-state index in [4.69, 9.17) is 0 Å². The molecule has 1 saturated heterocycles. The Hall–Kier alpha value is -1.62. The van der Waals surface area contributed by atoms with E-state index in [9.17, 15) is 9.18 Å². The molecule has 2 aromatic rings. The summed E-state index contributed by atoms with van der Waals surface area (Å²) in [5.41, 5.74) is 1.53. The predicted molar refractivity (Wildman–Crippen MR) is 91.8 cm³/mol. The molecule has 0 bridgehead atoms. The number of hydrogen-bond donors (Lipinski definition) is 0. The van der Waals surface area contributed by atoms with Crippen molar-refractivity contribution in [2.45, 2.75) is 31.7 Å². The molecule has 1 fully saturated rings. The van der Waals surface area contributed by atoms with Crippen LogP contribution in [0.25, 0.3) is 0 Å². The van der Waals surface area contributed by atoms with E-state index in [1.807, 2.05) is 24.2 Å². The molecule has 1 aromatic carbocycles. The number of likely N-dealkylation sites (tertiary alicyclic amines) is 1. The molecule has 1 atom stereocenters. The van der Waals surface area contributed by atoms with Crippen LogP contribution in [0.15, 0.2) is 41.0 Å². The molecule has 0 aliphatic carbocycles. The zero-order valence-electron chi connectivity index (χ0n) is 13.1. The van der Waals surface area contributed by atoms with Crippen LogP contribution in [0.5, 0.6) is 0 Å². The van der Waals surface area contributed by atoms with Crippen LogP contribution in [-0.4, -0.2) is 21.9 Å². The van der Waals surface area contributed by atoms with Gasteiger partial charge in [0.05, 0.1) is 11.6 Å². The Bertz CT molecular complexity index is 713. The molecule has 1 aromatic heterocycles. The van der Waals surface area contributed by atoms with Gasteiger partial charge < -0.3 is 9.47 Å². The average molecular weight is 379 g/mol. The number of hydrogen-bond acceptors (Lipinski definition) is 1. The van der Waals surface area contributed by atoms with Crippen molar-refractivity contribution in [3.8, 4) is 0 Å². The third-order valence-corrected chi connectivity index (χ3v) is 5.19. The zero-order valence-corrected chi connectivity index (χ0v) is 14.7. The fraction of sp³-hybridized carbons (Fsp3) is 0.389. The molecule has 1 amide bonds. The van der Waals surface area contributed by atoms with Crippen LogP contribution in [0.3, 0.4) is 0 Å². The summed E-state index contributed by atoms with van der Waals surface area (Å²) < 4.78 is 16.3. The van der Waals surface area contributed by atoms with Gasteiger partial charge in [0.2, 0.25) is 0 Å². The van der Waals surface area contributed by atoms with Crippen LogP contribution in [0.2, 0.25) is 0 Å². The first-order valence-corrected chi connectivity index (χ1v) is 8.74. The van der Waals surface area contributed by atoms with Crippen molar-refractivity contribution < 1.29 is 9.18 Å². The smallest absolute Gasteiger partial charge is 0.255 e. The molecule has 1 aliphatic rings. The fourth-order valence-corrected chi connectivity index (χ4v) is 3.71. The Morgan fingerprint density at radius 2 is 2.09 bits per heavy atom. The minimum absolute atomic E-state index is 0.0418. The molecule has 0 saturated carbocycles. The van der Waals surface area contributed by atoms with Gasteiger partial charge in [-0.1, -0.05) is 12.8 Å². The molecule has 122 valence electrons. The number of aromatic nitrogens is 1. The lowest BCUT2D eigenvalue weighted by molar-refractivity contribution is 0.0673. The van der Waals surface area contributed by atoms with E-state index in [1.165, 1.54) is 12.1 Å². The lowest BCUT2D eigenvalue weighted by Gasteiger charge is -2.31. The van der Waals surface area contributed by atoms with E-state index >= 15 is 0 Å². The second kappa shape index (κ2) is 6.87. The van der Waals surface area contributed by atoms with E-state index in [0.717, 1.165) is 31.4 Å². The Labute approximate surface area is 144 Å². The van der Waals surface area contributed by atoms with E-state index in [2.05, 4.69) is 26.6 Å². The minimum Gasteiger partial charge on any atom is -0.353 e. The largest absolute Gasteiger partial charge is 0.353 e. The molecule has 0 unspecified atom stereocenters. The molecule has 0 N–H and O–H groups in total. The number of benzene rings is 1. The Kier molecular flexibility index (Phi) is 4.85. The van der Waals surface area contributed by atoms with Gasteiger partial charge in [0.1, 0.15) is 5.82 Å². The maximum Gasteiger partial charge on any atom is 0.255 e. The van der Waals surface area contributed by atoms with Gasteiger partial charge in [0.25, 0.3) is 5.91 Å². The molecule has 2 heterocycles. The lowest BCUT2D eigenvalue weighted by atomic mass is 10.1. The van der Waals surface area contributed by atoms with Crippen LogP contribution >= 0.6 is 15.9 Å². The summed E-state index contributed by atoms with van der Waals surface area (Å²) >= 11 is 3.38. The van der Waals surface area contributed by atoms with Gasteiger partial charge >= 0.3 is 0 Å². The number of amides is 1. The summed E-state index contributed by atoms with van der Waals surface area (Å²) in [6.45, 7) is 0.706. The maximum absolute atomic E-state index is 13.6. The second-order valence-corrected chi connectivity index (χ2v) is 6.89. The van der Waals surface area contributed by atoms with Crippen LogP contribution in [0.1, 0.15) is 47.8 Å². The molecular weight excluding hydrogens is 359 g/mol. The second-order valence-electron chi connectivity index (χ2n) is 6.03. The van der Waals surface area contributed by atoms with Gasteiger partial charge in [-0.3, -0.25) is 4.79 Å². The predicted octanol–water partition coefficient (Wildman–Crippen LogP) is 4.68. The summed E-state index contributed by atoms with van der Waals surface area (Å²) in [5, 5.41) is 0. The molecular formula is C18H20BrFN2O. The van der Waals surface area contributed by atoms with Crippen molar-refractivity contribution in [1.82, 2.24) is 9.47 Å². The first-order chi connectivity index (χ1) is 11.1. The third-order valence-electron chi connectivity index (χ3n) is 4.50. The summed E-state index contributed by atoms with van der Waals surface area (Å²) in [5.74, 6) is -0.494. The Morgan fingerprint density at radius 1 is 1.26 bits per heavy atom. The van der Waals surface area contributed by atoms with Crippen molar-refractivity contribution >= 4 is 21.8 Å². The Balaban J connectivity index is 1.98. The Morgan fingerprint density at radius 3 is 2.83 bits per heavy atom. The lowest BCUT2D eigenvalue weighted by Crippen LogP contribution is -2.35. The summed E-state index contributed by atoms with van der Waals surface area (Å²) in [6.07, 6.45) is 6.15. The van der Waals surface area contributed by atoms with Gasteiger partial charge in [0, 0.05) is 30.0 Å². The van der Waals surface area contributed by atoms with Crippen molar-refractivity contribution in [3.63, 3.8) is 0 Å². The van der Waals surface area contributed by atoms with Crippen molar-refractivity contribution in [2.24, 2.45) is 7.05 Å². The van der Waals surface area contributed by atoms with Gasteiger partial charge in [-0.25, -0.2) is 4.39 Å². The third kappa shape index (κ3) is 3.34. The number of carbonyl (C=O) groups is 1. The number of carbonyl (C=O) groups excluding carboxylic acids is 1. The maximum atomic E-state index is 13.6. The van der Waals surface area contributed by atoms with Crippen LogP contribution < -0.4 is 0 Å². The first kappa shape index (κ1) is 16.2. The van der Waals surface area contributed by atoms with E-state index < -0.39 is 0 Å². The van der Waals surface area contributed by atoms with E-state index in [-0.39, 0.29) is 17.8 Å². The van der Waals surface area contributed by atoms with Gasteiger partial charge in [0.15, 0.2) is 0 Å². The quantitative estimate of drug-likeness (QED) is 0.744. The molecule has 0 radical (unpaired) electrons. The van der Waals surface area contributed by atoms with E-state index in [1.54, 1.807) is 6.07 Å². The number of aryl methyl sites for hydroxylation is 1. The van der Waals surface area contributed by atoms with Crippen LogP contribution in [-0.2, 0) is 7.05 Å². The molecule has 3 rings (SSSR count). The van der Waals surface area contributed by atoms with Crippen LogP contribution in [0.4, 0.5) is 4.39 Å². The first-order valence-electron chi connectivity index (χ1n) is 7.95. The van der Waals surface area contributed by atoms with Crippen LogP contribution in [0, 0.1) is 5.82 Å². The topological polar surface area (TPSA) is 25.2 Å². The average Bonchev–Trinajstić information content (AvgIpc) is 2.82. The normalized spacial score (nSPS) is 18.7. The van der Waals surface area contributed by atoms with Gasteiger partial charge in [-0.2, -0.15) is 0 Å². The monoisotopic (exact) mass is 378 g/mol. The molecule has 23 heavy (non-hydrogen) atoms. The summed E-state index contributed by atoms with van der Waals surface area (Å²) in [7, 11) is 2.00. The molecule has 0 spiro atoms. The number of halogens is 2. The SMILES string of the molecule is Cn1cccc1[C@@H]1CCCCCN1C(=O)c1cc(F)ccc1Br. The summed E-state index contributed by atoms with van der Waals surface area (Å²) in [6, 6.07) is 8.38. The fourth-order valence-electron chi connectivity index (χ4n) is 3.30. The molecule has 3 nitrogen and oxygen atoms in total. The molecule has 1 aliphatic heterocycles. The van der Waals surface area contributed by atoms with Crippen molar-refractivity contribution in [3.05, 3.63) is 58.1 Å². The minimum atomic E-state index is -0.387. The standard InChI is InChI=1S/C18H20BrFN2O/c1-21-10-5-7-16(21)17-6-3-2-4-11-22(17)18(23)14-12-13(20)8-9-15(14)19/h5,7-10,12,17H,2-4,6,11H2,1H3/t17-/m0/s1. The highest BCUT2D eigenvalue weighted by Crippen LogP contribution is 2.32. The highest BCUT2D eigenvalue weighted by molar-refractivity contribution is 9.10. The summed E-state index contributed by atoms with van der Waals surface area (Å²) in [4.78, 5) is 15.0. The van der Waals surface area contributed by atoms with E-state index in [0.29, 0.717) is 16.6 Å². The van der Waals surface area contributed by atoms with Crippen molar-refractivity contribution in [2.75, 3.05) is 6.54 Å².